The lowest BCUT2D eigenvalue weighted by atomic mass is 9.96. The number of aromatic nitrogens is 2. The molecule has 4 heteroatoms. The normalized spacial score (nSPS) is 12.8. The lowest BCUT2D eigenvalue weighted by Crippen LogP contribution is -2.74. The molecule has 12 aromatic carbocycles. The van der Waals surface area contributed by atoms with Gasteiger partial charge in [-0.3, -0.25) is 0 Å². The molecular formula is C72H50N2Si2. The molecule has 0 saturated heterocycles. The van der Waals surface area contributed by atoms with Crippen LogP contribution in [-0.4, -0.2) is 25.3 Å². The molecule has 0 unspecified atom stereocenters. The summed E-state index contributed by atoms with van der Waals surface area (Å²) in [6.45, 7) is 0. The van der Waals surface area contributed by atoms with E-state index in [-0.39, 0.29) is 0 Å². The molecule has 0 fully saturated rings. The van der Waals surface area contributed by atoms with Gasteiger partial charge < -0.3 is 9.13 Å². The second-order valence-corrected chi connectivity index (χ2v) is 27.8. The summed E-state index contributed by atoms with van der Waals surface area (Å²) in [5.41, 5.74) is 12.2. The SMILES string of the molecule is c1ccc([Si](c2ccccc2)(c2ccccc2)c2cccc(-n3c4ccccc4c4ccc(-n5c6ccccc6c6c(-c7ccc8c(c7)-c7ccccc7[Si]8(c7ccccc7)c7ccccc7)cccc65)cc43)c2)cc1. The first-order valence-electron chi connectivity index (χ1n) is 26.4. The minimum atomic E-state index is -2.81. The number of fused-ring (bicyclic) bond motifs is 9. The fraction of sp³-hybridized carbons (Fsp3) is 0. The summed E-state index contributed by atoms with van der Waals surface area (Å²) >= 11 is 0. The first-order valence-corrected chi connectivity index (χ1v) is 30.4. The Balaban J connectivity index is 0.930. The van der Waals surface area contributed by atoms with Gasteiger partial charge in [-0.2, -0.15) is 0 Å². The molecule has 0 amide bonds. The van der Waals surface area contributed by atoms with Crippen molar-refractivity contribution in [3.63, 3.8) is 0 Å². The zero-order valence-corrected chi connectivity index (χ0v) is 43.8. The molecular weight excluding hydrogens is 949 g/mol. The van der Waals surface area contributed by atoms with Crippen LogP contribution in [0.3, 0.4) is 0 Å². The van der Waals surface area contributed by atoms with E-state index in [0.29, 0.717) is 0 Å². The standard InChI is InChI=1S/C72H50N2Si2/c1-6-25-54(26-7-1)75(55-27-8-2-9-28-55,56-29-10-3-11-30-56)59-35-22-24-52(49-59)74-66-40-19-16-36-61(66)62-46-45-53(50-69(62)74)73-67-41-20-17-38-64(67)72-60(39-23-42-68(72)73)51-44-47-71-65(48-51)63-37-18-21-43-70(63)76(71,57-31-12-4-13-32-57)58-33-14-5-15-34-58/h1-50H. The third-order valence-corrected chi connectivity index (χ3v) is 26.2. The monoisotopic (exact) mass is 998 g/mol. The summed E-state index contributed by atoms with van der Waals surface area (Å²) in [4.78, 5) is 0. The maximum atomic E-state index is 2.51. The van der Waals surface area contributed by atoms with E-state index in [1.807, 2.05) is 0 Å². The van der Waals surface area contributed by atoms with E-state index in [0.717, 1.165) is 11.4 Å². The fourth-order valence-corrected chi connectivity index (χ4v) is 23.4. The van der Waals surface area contributed by atoms with Gasteiger partial charge in [-0.25, -0.2) is 0 Å². The lowest BCUT2D eigenvalue weighted by Gasteiger charge is -2.34. The molecule has 2 aromatic heterocycles. The van der Waals surface area contributed by atoms with E-state index in [4.69, 9.17) is 0 Å². The summed E-state index contributed by atoms with van der Waals surface area (Å²) in [5, 5.41) is 16.1. The van der Waals surface area contributed by atoms with Crippen LogP contribution in [0.15, 0.2) is 303 Å². The fourth-order valence-electron chi connectivity index (χ4n) is 13.5. The second-order valence-electron chi connectivity index (χ2n) is 20.3. The predicted octanol–water partition coefficient (Wildman–Crippen LogP) is 12.3. The Morgan fingerprint density at radius 1 is 0.263 bits per heavy atom. The molecule has 0 atom stereocenters. The van der Waals surface area contributed by atoms with Crippen molar-refractivity contribution in [2.75, 3.05) is 0 Å². The van der Waals surface area contributed by atoms with Gasteiger partial charge in [0.2, 0.25) is 0 Å². The number of para-hydroxylation sites is 2. The van der Waals surface area contributed by atoms with Crippen LogP contribution in [0.25, 0.3) is 77.2 Å². The molecule has 356 valence electrons. The van der Waals surface area contributed by atoms with Crippen LogP contribution in [-0.2, 0) is 0 Å². The molecule has 0 aliphatic carbocycles. The summed E-state index contributed by atoms with van der Waals surface area (Å²) in [7, 11) is -5.42. The Morgan fingerprint density at radius 2 is 0.724 bits per heavy atom. The van der Waals surface area contributed by atoms with Crippen LogP contribution in [0.1, 0.15) is 0 Å². The molecule has 1 aliphatic rings. The summed E-state index contributed by atoms with van der Waals surface area (Å²) in [6.07, 6.45) is 0. The van der Waals surface area contributed by atoms with E-state index in [1.165, 1.54) is 107 Å². The van der Waals surface area contributed by atoms with Crippen molar-refractivity contribution in [2.45, 2.75) is 0 Å². The van der Waals surface area contributed by atoms with Gasteiger partial charge in [0.05, 0.1) is 22.1 Å². The van der Waals surface area contributed by atoms with Gasteiger partial charge in [0.25, 0.3) is 0 Å². The third-order valence-electron chi connectivity index (χ3n) is 16.5. The van der Waals surface area contributed by atoms with Gasteiger partial charge in [-0.15, -0.1) is 0 Å². The predicted molar refractivity (Wildman–Crippen MR) is 327 cm³/mol. The molecule has 0 spiro atoms. The van der Waals surface area contributed by atoms with Crippen LogP contribution in [0.5, 0.6) is 0 Å². The van der Waals surface area contributed by atoms with Crippen LogP contribution in [0.4, 0.5) is 0 Å². The summed E-state index contributed by atoms with van der Waals surface area (Å²) < 4.78 is 5.00. The highest BCUT2D eigenvalue weighted by Crippen LogP contribution is 2.42. The molecule has 76 heavy (non-hydrogen) atoms. The van der Waals surface area contributed by atoms with Gasteiger partial charge in [-0.1, -0.05) is 255 Å². The van der Waals surface area contributed by atoms with E-state index in [1.54, 1.807) is 0 Å². The summed E-state index contributed by atoms with van der Waals surface area (Å²) in [5.74, 6) is 0. The number of hydrogen-bond donors (Lipinski definition) is 0. The minimum Gasteiger partial charge on any atom is -0.309 e. The average Bonchev–Trinajstić information content (AvgIpc) is 4.28. The molecule has 2 nitrogen and oxygen atoms in total. The van der Waals surface area contributed by atoms with Crippen LogP contribution in [0, 0.1) is 0 Å². The maximum absolute atomic E-state index is 2.81. The Kier molecular flexibility index (Phi) is 10.3. The number of hydrogen-bond acceptors (Lipinski definition) is 0. The zero-order chi connectivity index (χ0) is 50.2. The molecule has 0 saturated carbocycles. The van der Waals surface area contributed by atoms with Gasteiger partial charge in [0, 0.05) is 32.9 Å². The number of benzene rings is 12. The van der Waals surface area contributed by atoms with E-state index >= 15 is 0 Å². The van der Waals surface area contributed by atoms with Crippen LogP contribution < -0.4 is 41.5 Å². The summed E-state index contributed by atoms with van der Waals surface area (Å²) in [6, 6.07) is 114. The van der Waals surface area contributed by atoms with Gasteiger partial charge in [0.15, 0.2) is 16.1 Å². The highest BCUT2D eigenvalue weighted by molar-refractivity contribution is 7.22. The minimum absolute atomic E-state index is 1.13. The average molecular weight is 999 g/mol. The molecule has 15 rings (SSSR count). The van der Waals surface area contributed by atoms with E-state index < -0.39 is 16.1 Å². The topological polar surface area (TPSA) is 9.86 Å². The Morgan fingerprint density at radius 3 is 1.38 bits per heavy atom. The zero-order valence-electron chi connectivity index (χ0n) is 41.8. The quantitative estimate of drug-likeness (QED) is 0.101. The van der Waals surface area contributed by atoms with Crippen LogP contribution in [0.2, 0.25) is 0 Å². The third kappa shape index (κ3) is 6.45. The van der Waals surface area contributed by atoms with Gasteiger partial charge in [-0.05, 0) is 112 Å². The van der Waals surface area contributed by atoms with Crippen molar-refractivity contribution in [3.05, 3.63) is 303 Å². The second kappa shape index (κ2) is 17.7. The highest BCUT2D eigenvalue weighted by Gasteiger charge is 2.48. The van der Waals surface area contributed by atoms with E-state index in [9.17, 15) is 0 Å². The van der Waals surface area contributed by atoms with Crippen molar-refractivity contribution < 1.29 is 0 Å². The van der Waals surface area contributed by atoms with Crippen molar-refractivity contribution in [2.24, 2.45) is 0 Å². The number of nitrogens with zero attached hydrogens (tertiary/aromatic N) is 2. The smallest absolute Gasteiger partial charge is 0.180 e. The van der Waals surface area contributed by atoms with Crippen LogP contribution >= 0.6 is 0 Å². The Hall–Kier alpha value is -9.33. The Labute approximate surface area is 444 Å². The maximum Gasteiger partial charge on any atom is 0.180 e. The molecule has 14 aromatic rings. The number of rotatable bonds is 9. The van der Waals surface area contributed by atoms with Crippen molar-refractivity contribution in [3.8, 4) is 33.6 Å². The molecule has 1 aliphatic heterocycles. The van der Waals surface area contributed by atoms with Gasteiger partial charge >= 0.3 is 0 Å². The van der Waals surface area contributed by atoms with Crippen molar-refractivity contribution in [1.29, 1.82) is 0 Å². The molecule has 0 bridgehead atoms. The highest BCUT2D eigenvalue weighted by atomic mass is 28.3. The molecule has 0 N–H and O–H groups in total. The first-order chi connectivity index (χ1) is 37.7. The van der Waals surface area contributed by atoms with Gasteiger partial charge in [0.1, 0.15) is 0 Å². The van der Waals surface area contributed by atoms with Crippen molar-refractivity contribution >= 4 is 101 Å². The first kappa shape index (κ1) is 44.2. The molecule has 3 heterocycles. The molecule has 0 radical (unpaired) electrons. The van der Waals surface area contributed by atoms with E-state index in [2.05, 4.69) is 312 Å². The Bertz CT molecular complexity index is 4370. The van der Waals surface area contributed by atoms with Crippen molar-refractivity contribution in [1.82, 2.24) is 9.13 Å². The largest absolute Gasteiger partial charge is 0.309 e. The lowest BCUT2D eigenvalue weighted by molar-refractivity contribution is 1.16.